The monoisotopic (exact) mass is 280 g/mol. The van der Waals surface area contributed by atoms with E-state index in [4.69, 9.17) is 5.11 Å². The first-order valence-corrected chi connectivity index (χ1v) is 6.81. The molecule has 0 amide bonds. The number of pyridine rings is 1. The highest BCUT2D eigenvalue weighted by Gasteiger charge is 2.18. The van der Waals surface area contributed by atoms with Crippen molar-refractivity contribution >= 4 is 11.5 Å². The second-order valence-electron chi connectivity index (χ2n) is 5.00. The summed E-state index contributed by atoms with van der Waals surface area (Å²) in [5.41, 5.74) is 0.859. The number of aliphatic hydroxyl groups excluding tert-OH is 1. The van der Waals surface area contributed by atoms with Crippen LogP contribution in [0.1, 0.15) is 12.0 Å². The van der Waals surface area contributed by atoms with E-state index in [1.54, 1.807) is 6.07 Å². The molecule has 1 aliphatic rings. The summed E-state index contributed by atoms with van der Waals surface area (Å²) in [7, 11) is 0. The van der Waals surface area contributed by atoms with E-state index in [1.165, 1.54) is 6.20 Å². The van der Waals surface area contributed by atoms with Crippen molar-refractivity contribution in [2.45, 2.75) is 13.3 Å². The van der Waals surface area contributed by atoms with E-state index in [1.807, 2.05) is 6.92 Å². The summed E-state index contributed by atoms with van der Waals surface area (Å²) in [6.07, 6.45) is 2.32. The molecule has 1 aromatic heterocycles. The normalized spacial score (nSPS) is 17.0. The molecule has 0 aromatic carbocycles. The van der Waals surface area contributed by atoms with Gasteiger partial charge in [-0.15, -0.1) is 0 Å². The number of anilines is 1. The van der Waals surface area contributed by atoms with Crippen molar-refractivity contribution in [1.29, 1.82) is 0 Å². The number of nitrogens with zero attached hydrogens (tertiary/aromatic N) is 4. The lowest BCUT2D eigenvalue weighted by Gasteiger charge is -2.23. The van der Waals surface area contributed by atoms with Crippen LogP contribution < -0.4 is 4.90 Å². The van der Waals surface area contributed by atoms with Crippen LogP contribution in [0.25, 0.3) is 0 Å². The first kappa shape index (κ1) is 14.7. The molecule has 0 radical (unpaired) electrons. The molecule has 7 nitrogen and oxygen atoms in total. The molecule has 0 atom stereocenters. The smallest absolute Gasteiger partial charge is 0.287 e. The Balaban J connectivity index is 2.09. The third kappa shape index (κ3) is 3.43. The van der Waals surface area contributed by atoms with E-state index < -0.39 is 4.92 Å². The Morgan fingerprint density at radius 1 is 1.40 bits per heavy atom. The van der Waals surface area contributed by atoms with Crippen molar-refractivity contribution in [3.8, 4) is 0 Å². The molecular formula is C13H20N4O3. The zero-order valence-electron chi connectivity index (χ0n) is 11.7. The Morgan fingerprint density at radius 3 is 2.85 bits per heavy atom. The minimum absolute atomic E-state index is 0.0305. The number of hydrogen-bond donors (Lipinski definition) is 1. The molecule has 2 rings (SSSR count). The predicted octanol–water partition coefficient (Wildman–Crippen LogP) is 0.803. The summed E-state index contributed by atoms with van der Waals surface area (Å²) in [5.74, 6) is 0.821. The number of aliphatic hydroxyl groups is 1. The molecule has 0 saturated carbocycles. The average Bonchev–Trinajstić information content (AvgIpc) is 2.65. The fraction of sp³-hybridized carbons (Fsp3) is 0.615. The molecule has 0 aliphatic carbocycles. The van der Waals surface area contributed by atoms with Crippen molar-refractivity contribution in [3.63, 3.8) is 0 Å². The Hall–Kier alpha value is -1.73. The lowest BCUT2D eigenvalue weighted by molar-refractivity contribution is -0.385. The highest BCUT2D eigenvalue weighted by molar-refractivity contribution is 5.50. The van der Waals surface area contributed by atoms with E-state index in [2.05, 4.69) is 14.8 Å². The Kier molecular flexibility index (Phi) is 4.86. The van der Waals surface area contributed by atoms with E-state index in [0.717, 1.165) is 44.0 Å². The van der Waals surface area contributed by atoms with Gasteiger partial charge in [-0.25, -0.2) is 4.98 Å². The van der Waals surface area contributed by atoms with Gasteiger partial charge in [0.15, 0.2) is 0 Å². The van der Waals surface area contributed by atoms with Crippen LogP contribution in [0, 0.1) is 17.0 Å². The maximum absolute atomic E-state index is 10.7. The van der Waals surface area contributed by atoms with Gasteiger partial charge in [0, 0.05) is 32.2 Å². The van der Waals surface area contributed by atoms with Gasteiger partial charge >= 0.3 is 0 Å². The minimum Gasteiger partial charge on any atom is -0.395 e. The average molecular weight is 280 g/mol. The SMILES string of the molecule is Cc1cc([N+](=O)[O-])cnc1N1CCCN(CCO)CC1. The molecular weight excluding hydrogens is 260 g/mol. The van der Waals surface area contributed by atoms with Crippen LogP contribution in [0.5, 0.6) is 0 Å². The molecule has 20 heavy (non-hydrogen) atoms. The summed E-state index contributed by atoms with van der Waals surface area (Å²) in [5, 5.41) is 19.7. The fourth-order valence-electron chi connectivity index (χ4n) is 2.53. The van der Waals surface area contributed by atoms with E-state index in [-0.39, 0.29) is 12.3 Å². The molecule has 0 spiro atoms. The zero-order valence-corrected chi connectivity index (χ0v) is 11.7. The van der Waals surface area contributed by atoms with Gasteiger partial charge in [0.1, 0.15) is 12.0 Å². The molecule has 2 heterocycles. The fourth-order valence-corrected chi connectivity index (χ4v) is 2.53. The van der Waals surface area contributed by atoms with Crippen molar-refractivity contribution in [2.75, 3.05) is 44.2 Å². The maximum Gasteiger partial charge on any atom is 0.287 e. The van der Waals surface area contributed by atoms with E-state index in [0.29, 0.717) is 6.54 Å². The number of rotatable bonds is 4. The first-order chi connectivity index (χ1) is 9.61. The van der Waals surface area contributed by atoms with Crippen LogP contribution in [0.4, 0.5) is 11.5 Å². The number of nitro groups is 1. The van der Waals surface area contributed by atoms with Gasteiger partial charge in [-0.3, -0.25) is 15.0 Å². The van der Waals surface area contributed by atoms with Gasteiger partial charge in [-0.05, 0) is 25.5 Å². The molecule has 1 saturated heterocycles. The summed E-state index contributed by atoms with van der Waals surface area (Å²) in [6.45, 7) is 6.27. The third-order valence-corrected chi connectivity index (χ3v) is 3.55. The highest BCUT2D eigenvalue weighted by atomic mass is 16.6. The van der Waals surface area contributed by atoms with Gasteiger partial charge in [0.2, 0.25) is 0 Å². The largest absolute Gasteiger partial charge is 0.395 e. The standard InChI is InChI=1S/C13H20N4O3/c1-11-9-12(17(19)20)10-14-13(11)16-4-2-3-15(5-6-16)7-8-18/h9-10,18H,2-8H2,1H3. The summed E-state index contributed by atoms with van der Waals surface area (Å²) >= 11 is 0. The molecule has 0 bridgehead atoms. The van der Waals surface area contributed by atoms with Crippen LogP contribution >= 0.6 is 0 Å². The molecule has 1 aromatic rings. The number of β-amino-alcohol motifs (C(OH)–C–C–N with tert-alkyl or cyclic N) is 1. The summed E-state index contributed by atoms with van der Waals surface area (Å²) < 4.78 is 0. The molecule has 110 valence electrons. The summed E-state index contributed by atoms with van der Waals surface area (Å²) in [6, 6.07) is 1.57. The highest BCUT2D eigenvalue weighted by Crippen LogP contribution is 2.22. The van der Waals surface area contributed by atoms with Crippen molar-refractivity contribution in [3.05, 3.63) is 27.9 Å². The lowest BCUT2D eigenvalue weighted by atomic mass is 10.2. The number of hydrogen-bond acceptors (Lipinski definition) is 6. The van der Waals surface area contributed by atoms with Gasteiger partial charge in [-0.1, -0.05) is 0 Å². The zero-order chi connectivity index (χ0) is 14.5. The quantitative estimate of drug-likeness (QED) is 0.649. The van der Waals surface area contributed by atoms with Crippen molar-refractivity contribution < 1.29 is 10.0 Å². The predicted molar refractivity (Wildman–Crippen MR) is 76.0 cm³/mol. The van der Waals surface area contributed by atoms with E-state index in [9.17, 15) is 10.1 Å². The van der Waals surface area contributed by atoms with E-state index >= 15 is 0 Å². The first-order valence-electron chi connectivity index (χ1n) is 6.81. The second kappa shape index (κ2) is 6.62. The van der Waals surface area contributed by atoms with Gasteiger partial charge in [-0.2, -0.15) is 0 Å². The Morgan fingerprint density at radius 2 is 2.20 bits per heavy atom. The lowest BCUT2D eigenvalue weighted by Crippen LogP contribution is -2.33. The van der Waals surface area contributed by atoms with Gasteiger partial charge in [0.25, 0.3) is 5.69 Å². The maximum atomic E-state index is 10.7. The van der Waals surface area contributed by atoms with Crippen LogP contribution in [0.3, 0.4) is 0 Å². The molecule has 1 N–H and O–H groups in total. The summed E-state index contributed by atoms with van der Waals surface area (Å²) in [4.78, 5) is 18.9. The Bertz CT molecular complexity index is 481. The van der Waals surface area contributed by atoms with Crippen molar-refractivity contribution in [1.82, 2.24) is 9.88 Å². The second-order valence-corrected chi connectivity index (χ2v) is 5.00. The van der Waals surface area contributed by atoms with Crippen LogP contribution in [0.15, 0.2) is 12.3 Å². The third-order valence-electron chi connectivity index (χ3n) is 3.55. The minimum atomic E-state index is -0.421. The molecule has 1 fully saturated rings. The van der Waals surface area contributed by atoms with Gasteiger partial charge in [0.05, 0.1) is 11.5 Å². The van der Waals surface area contributed by atoms with Crippen LogP contribution in [0.2, 0.25) is 0 Å². The van der Waals surface area contributed by atoms with Gasteiger partial charge < -0.3 is 10.0 Å². The number of aromatic nitrogens is 1. The number of aryl methyl sites for hydroxylation is 1. The Labute approximate surface area is 118 Å². The molecule has 7 heteroatoms. The topological polar surface area (TPSA) is 82.7 Å². The van der Waals surface area contributed by atoms with Crippen LogP contribution in [-0.2, 0) is 0 Å². The van der Waals surface area contributed by atoms with Crippen molar-refractivity contribution in [2.24, 2.45) is 0 Å². The molecule has 0 unspecified atom stereocenters. The molecule has 1 aliphatic heterocycles. The van der Waals surface area contributed by atoms with Crippen LogP contribution in [-0.4, -0.2) is 59.2 Å².